The Bertz CT molecular complexity index is 1170. The van der Waals surface area contributed by atoms with E-state index in [-0.39, 0.29) is 30.8 Å². The number of sulfonamides is 1. The van der Waals surface area contributed by atoms with Crippen molar-refractivity contribution in [2.24, 2.45) is 0 Å². The average Bonchev–Trinajstić information content (AvgIpc) is 2.90. The van der Waals surface area contributed by atoms with Crippen LogP contribution in [-0.2, 0) is 32.6 Å². The molecule has 1 saturated carbocycles. The Labute approximate surface area is 228 Å². The lowest BCUT2D eigenvalue weighted by Crippen LogP contribution is -2.50. The molecule has 2 aromatic rings. The van der Waals surface area contributed by atoms with Gasteiger partial charge in [-0.1, -0.05) is 62.6 Å². The van der Waals surface area contributed by atoms with E-state index in [0.29, 0.717) is 18.7 Å². The first-order chi connectivity index (χ1) is 18.1. The highest BCUT2D eigenvalue weighted by atomic mass is 32.2. The van der Waals surface area contributed by atoms with Crippen molar-refractivity contribution in [3.8, 4) is 0 Å². The molecule has 0 radical (unpaired) electrons. The van der Waals surface area contributed by atoms with E-state index in [1.54, 1.807) is 11.8 Å². The van der Waals surface area contributed by atoms with Crippen LogP contribution in [0.25, 0.3) is 0 Å². The minimum atomic E-state index is -3.51. The number of carbonyl (C=O) groups excluding carboxylic acids is 2. The first-order valence-electron chi connectivity index (χ1n) is 13.8. The van der Waals surface area contributed by atoms with Gasteiger partial charge in [0.25, 0.3) is 0 Å². The topological polar surface area (TPSA) is 86.8 Å². The highest BCUT2D eigenvalue weighted by molar-refractivity contribution is 7.92. The summed E-state index contributed by atoms with van der Waals surface area (Å²) in [5, 5.41) is 3.16. The maximum absolute atomic E-state index is 13.5. The largest absolute Gasteiger partial charge is 0.352 e. The van der Waals surface area contributed by atoms with Gasteiger partial charge in [-0.2, -0.15) is 0 Å². The van der Waals surface area contributed by atoms with Crippen LogP contribution in [0.15, 0.2) is 48.5 Å². The van der Waals surface area contributed by atoms with Crippen LogP contribution in [0.1, 0.15) is 75.5 Å². The molecule has 38 heavy (non-hydrogen) atoms. The molecular weight excluding hydrogens is 498 g/mol. The van der Waals surface area contributed by atoms with Crippen LogP contribution in [0, 0.1) is 6.92 Å². The zero-order chi connectivity index (χ0) is 27.7. The number of aryl methyl sites for hydroxylation is 2. The quantitative estimate of drug-likeness (QED) is 0.411. The van der Waals surface area contributed by atoms with Crippen molar-refractivity contribution in [3.05, 3.63) is 65.2 Å². The van der Waals surface area contributed by atoms with E-state index >= 15 is 0 Å². The summed E-state index contributed by atoms with van der Waals surface area (Å²) in [6, 6.07) is 14.9. The fraction of sp³-hybridized carbons (Fsp3) is 0.533. The number of carbonyl (C=O) groups is 2. The van der Waals surface area contributed by atoms with Crippen LogP contribution in [-0.4, -0.2) is 50.0 Å². The fourth-order valence-electron chi connectivity index (χ4n) is 5.02. The van der Waals surface area contributed by atoms with Gasteiger partial charge in [0.1, 0.15) is 6.04 Å². The molecule has 1 atom stereocenters. The summed E-state index contributed by atoms with van der Waals surface area (Å²) in [5.41, 5.74) is 3.77. The average molecular weight is 542 g/mol. The molecule has 0 bridgehead atoms. The van der Waals surface area contributed by atoms with Crippen molar-refractivity contribution in [3.63, 3.8) is 0 Å². The summed E-state index contributed by atoms with van der Waals surface area (Å²) in [6.07, 6.45) is 7.94. The third-order valence-electron chi connectivity index (χ3n) is 7.51. The molecule has 8 heteroatoms. The van der Waals surface area contributed by atoms with Crippen LogP contribution < -0.4 is 9.62 Å². The van der Waals surface area contributed by atoms with Gasteiger partial charge in [0.05, 0.1) is 11.9 Å². The fourth-order valence-corrected chi connectivity index (χ4v) is 5.99. The SMILES string of the molecule is CCc1ccc(N(CCCC(=O)N(Cc2ccccc2C)[C@H](C)C(=O)NC2CCCCC2)S(C)(=O)=O)cc1. The molecule has 0 aromatic heterocycles. The third kappa shape index (κ3) is 8.32. The Balaban J connectivity index is 1.71. The lowest BCUT2D eigenvalue weighted by atomic mass is 9.95. The molecular formula is C30H43N3O4S. The Morgan fingerprint density at radius 2 is 1.68 bits per heavy atom. The molecule has 1 fully saturated rings. The molecule has 2 aromatic carbocycles. The Morgan fingerprint density at radius 3 is 2.29 bits per heavy atom. The van der Waals surface area contributed by atoms with Crippen LogP contribution >= 0.6 is 0 Å². The number of rotatable bonds is 12. The van der Waals surface area contributed by atoms with Gasteiger partial charge in [0, 0.05) is 25.6 Å². The number of nitrogens with one attached hydrogen (secondary N) is 1. The maximum Gasteiger partial charge on any atom is 0.242 e. The molecule has 0 unspecified atom stereocenters. The first-order valence-corrected chi connectivity index (χ1v) is 15.7. The Hall–Kier alpha value is -2.87. The van der Waals surface area contributed by atoms with E-state index in [2.05, 4.69) is 5.32 Å². The van der Waals surface area contributed by atoms with E-state index in [1.165, 1.54) is 17.0 Å². The summed E-state index contributed by atoms with van der Waals surface area (Å²) in [4.78, 5) is 28.4. The predicted molar refractivity (Wildman–Crippen MR) is 153 cm³/mol. The summed E-state index contributed by atoms with van der Waals surface area (Å²) in [6.45, 7) is 6.36. The van der Waals surface area contributed by atoms with Crippen molar-refractivity contribution in [1.29, 1.82) is 0 Å². The second-order valence-electron chi connectivity index (χ2n) is 10.4. The highest BCUT2D eigenvalue weighted by Gasteiger charge is 2.28. The number of hydrogen-bond acceptors (Lipinski definition) is 4. The van der Waals surface area contributed by atoms with E-state index in [0.717, 1.165) is 48.8 Å². The van der Waals surface area contributed by atoms with Gasteiger partial charge in [-0.3, -0.25) is 13.9 Å². The van der Waals surface area contributed by atoms with Crippen LogP contribution in [0.5, 0.6) is 0 Å². The lowest BCUT2D eigenvalue weighted by Gasteiger charge is -2.32. The van der Waals surface area contributed by atoms with Crippen LogP contribution in [0.3, 0.4) is 0 Å². The molecule has 2 amide bonds. The van der Waals surface area contributed by atoms with Crippen molar-refractivity contribution in [2.45, 2.75) is 90.8 Å². The van der Waals surface area contributed by atoms with Crippen LogP contribution in [0.2, 0.25) is 0 Å². The molecule has 208 valence electrons. The summed E-state index contributed by atoms with van der Waals surface area (Å²) >= 11 is 0. The molecule has 1 N–H and O–H groups in total. The standard InChI is InChI=1S/C30H43N3O4S/c1-5-25-17-19-28(20-18-25)33(38(4,36)37)21-11-16-29(34)32(22-26-13-10-9-12-23(26)2)24(3)30(35)31-27-14-7-6-8-15-27/h9-10,12-13,17-20,24,27H,5-8,11,14-16,21-22H2,1-4H3,(H,31,35)/t24-/m1/s1. The van der Waals surface area contributed by atoms with Gasteiger partial charge in [0.15, 0.2) is 0 Å². The van der Waals surface area contributed by atoms with E-state index in [1.807, 2.05) is 62.4 Å². The number of benzene rings is 2. The maximum atomic E-state index is 13.5. The number of anilines is 1. The smallest absolute Gasteiger partial charge is 0.242 e. The molecule has 0 spiro atoms. The molecule has 1 aliphatic carbocycles. The first kappa shape index (κ1) is 29.7. The second kappa shape index (κ2) is 13.8. The van der Waals surface area contributed by atoms with Crippen molar-refractivity contribution < 1.29 is 18.0 Å². The molecule has 7 nitrogen and oxygen atoms in total. The monoisotopic (exact) mass is 541 g/mol. The molecule has 0 saturated heterocycles. The normalized spacial score (nSPS) is 15.1. The minimum absolute atomic E-state index is 0.132. The van der Waals surface area contributed by atoms with Gasteiger partial charge in [-0.05, 0) is 68.4 Å². The van der Waals surface area contributed by atoms with Crippen LogP contribution in [0.4, 0.5) is 5.69 Å². The predicted octanol–water partition coefficient (Wildman–Crippen LogP) is 4.97. The van der Waals surface area contributed by atoms with Crippen molar-refractivity contribution in [2.75, 3.05) is 17.1 Å². The summed E-state index contributed by atoms with van der Waals surface area (Å²) in [7, 11) is -3.51. The van der Waals surface area contributed by atoms with E-state index in [4.69, 9.17) is 0 Å². The minimum Gasteiger partial charge on any atom is -0.352 e. The zero-order valence-corrected chi connectivity index (χ0v) is 24.1. The number of nitrogens with zero attached hydrogens (tertiary/aromatic N) is 2. The summed E-state index contributed by atoms with van der Waals surface area (Å²) < 4.78 is 26.4. The van der Waals surface area contributed by atoms with Gasteiger partial charge in [-0.15, -0.1) is 0 Å². The highest BCUT2D eigenvalue weighted by Crippen LogP contribution is 2.21. The lowest BCUT2D eigenvalue weighted by molar-refractivity contribution is -0.141. The molecule has 0 heterocycles. The van der Waals surface area contributed by atoms with E-state index in [9.17, 15) is 18.0 Å². The van der Waals surface area contributed by atoms with Gasteiger partial charge < -0.3 is 10.2 Å². The Morgan fingerprint density at radius 1 is 1.03 bits per heavy atom. The molecule has 0 aliphatic heterocycles. The van der Waals surface area contributed by atoms with E-state index < -0.39 is 16.1 Å². The molecule has 3 rings (SSSR count). The van der Waals surface area contributed by atoms with Gasteiger partial charge in [-0.25, -0.2) is 8.42 Å². The third-order valence-corrected chi connectivity index (χ3v) is 8.70. The number of amides is 2. The summed E-state index contributed by atoms with van der Waals surface area (Å²) in [5.74, 6) is -0.290. The van der Waals surface area contributed by atoms with Crippen molar-refractivity contribution in [1.82, 2.24) is 10.2 Å². The van der Waals surface area contributed by atoms with Gasteiger partial charge in [0.2, 0.25) is 21.8 Å². The second-order valence-corrected chi connectivity index (χ2v) is 12.3. The van der Waals surface area contributed by atoms with Crippen molar-refractivity contribution >= 4 is 27.5 Å². The zero-order valence-electron chi connectivity index (χ0n) is 23.3. The molecule has 1 aliphatic rings. The number of hydrogen-bond donors (Lipinski definition) is 1. The van der Waals surface area contributed by atoms with Gasteiger partial charge >= 0.3 is 0 Å². The Kier molecular flexibility index (Phi) is 10.8.